The van der Waals surface area contributed by atoms with Gasteiger partial charge in [0.1, 0.15) is 11.5 Å². The first-order chi connectivity index (χ1) is 11.5. The summed E-state index contributed by atoms with van der Waals surface area (Å²) in [4.78, 5) is 12.1. The molecule has 7 nitrogen and oxygen atoms in total. The van der Waals surface area contributed by atoms with E-state index in [0.717, 1.165) is 17.1 Å². The van der Waals surface area contributed by atoms with Gasteiger partial charge < -0.3 is 29.3 Å². The Balaban J connectivity index is 2.07. The van der Waals surface area contributed by atoms with E-state index in [2.05, 4.69) is 10.6 Å². The van der Waals surface area contributed by atoms with E-state index in [4.69, 9.17) is 18.6 Å². The van der Waals surface area contributed by atoms with Crippen molar-refractivity contribution in [2.75, 3.05) is 26.6 Å². The van der Waals surface area contributed by atoms with E-state index in [-0.39, 0.29) is 6.03 Å². The van der Waals surface area contributed by atoms with Crippen molar-refractivity contribution in [3.63, 3.8) is 0 Å². The van der Waals surface area contributed by atoms with Crippen molar-refractivity contribution < 1.29 is 23.4 Å². The number of anilines is 1. The molecule has 2 aromatic rings. The lowest BCUT2D eigenvalue weighted by Gasteiger charge is -2.14. The molecule has 130 valence electrons. The highest BCUT2D eigenvalue weighted by molar-refractivity contribution is 5.90. The first-order valence-electron chi connectivity index (χ1n) is 7.39. The molecule has 1 aromatic heterocycles. The predicted octanol–water partition coefficient (Wildman–Crippen LogP) is 3.24. The Hall–Kier alpha value is -2.83. The minimum absolute atomic E-state index is 0.345. The van der Waals surface area contributed by atoms with Crippen LogP contribution in [-0.2, 0) is 6.54 Å². The highest BCUT2D eigenvalue weighted by atomic mass is 16.5. The number of urea groups is 1. The third kappa shape index (κ3) is 3.92. The molecule has 0 fully saturated rings. The number of amides is 2. The van der Waals surface area contributed by atoms with Crippen molar-refractivity contribution in [2.24, 2.45) is 0 Å². The maximum absolute atomic E-state index is 12.1. The van der Waals surface area contributed by atoms with E-state index >= 15 is 0 Å². The van der Waals surface area contributed by atoms with Crippen molar-refractivity contribution in [3.8, 4) is 17.2 Å². The Kier molecular flexibility index (Phi) is 5.57. The van der Waals surface area contributed by atoms with Gasteiger partial charge in [-0.25, -0.2) is 4.79 Å². The molecule has 0 aliphatic carbocycles. The lowest BCUT2D eigenvalue weighted by Crippen LogP contribution is -2.28. The maximum Gasteiger partial charge on any atom is 0.319 e. The molecule has 0 saturated carbocycles. The molecule has 1 heterocycles. The fourth-order valence-electron chi connectivity index (χ4n) is 2.36. The summed E-state index contributed by atoms with van der Waals surface area (Å²) >= 11 is 0. The summed E-state index contributed by atoms with van der Waals surface area (Å²) in [6.07, 6.45) is 0. The van der Waals surface area contributed by atoms with Crippen molar-refractivity contribution in [1.29, 1.82) is 0 Å². The molecule has 2 rings (SSSR count). The number of nitrogens with one attached hydrogen (secondary N) is 2. The van der Waals surface area contributed by atoms with E-state index in [1.807, 2.05) is 19.9 Å². The van der Waals surface area contributed by atoms with Gasteiger partial charge in [-0.1, -0.05) is 0 Å². The first kappa shape index (κ1) is 17.5. The molecule has 0 atom stereocenters. The number of carbonyl (C=O) groups is 1. The zero-order chi connectivity index (χ0) is 17.7. The molecule has 2 N–H and O–H groups in total. The fraction of sp³-hybridized carbons (Fsp3) is 0.353. The van der Waals surface area contributed by atoms with Crippen LogP contribution >= 0.6 is 0 Å². The number of carbonyl (C=O) groups excluding carboxylic acids is 1. The Morgan fingerprint density at radius 1 is 1.04 bits per heavy atom. The number of hydrogen-bond donors (Lipinski definition) is 2. The summed E-state index contributed by atoms with van der Waals surface area (Å²) in [5, 5.41) is 5.53. The van der Waals surface area contributed by atoms with Gasteiger partial charge in [0.2, 0.25) is 5.75 Å². The van der Waals surface area contributed by atoms with Crippen LogP contribution in [0.5, 0.6) is 17.2 Å². The molecule has 7 heteroatoms. The van der Waals surface area contributed by atoms with E-state index < -0.39 is 0 Å². The monoisotopic (exact) mass is 334 g/mol. The molecular weight excluding hydrogens is 312 g/mol. The largest absolute Gasteiger partial charge is 0.493 e. The summed E-state index contributed by atoms with van der Waals surface area (Å²) in [5.74, 6) is 3.01. The molecule has 0 radical (unpaired) electrons. The average Bonchev–Trinajstić information content (AvgIpc) is 2.89. The molecule has 1 aromatic carbocycles. The van der Waals surface area contributed by atoms with Crippen molar-refractivity contribution in [1.82, 2.24) is 5.32 Å². The van der Waals surface area contributed by atoms with Crippen molar-refractivity contribution >= 4 is 11.7 Å². The van der Waals surface area contributed by atoms with E-state index in [1.54, 1.807) is 12.1 Å². The number of hydrogen-bond acceptors (Lipinski definition) is 5. The summed E-state index contributed by atoms with van der Waals surface area (Å²) < 4.78 is 21.2. The van der Waals surface area contributed by atoms with Crippen LogP contribution in [0, 0.1) is 13.8 Å². The van der Waals surface area contributed by atoms with E-state index in [9.17, 15) is 4.79 Å². The molecule has 0 saturated heterocycles. The number of benzene rings is 1. The molecule has 2 amide bonds. The second-order valence-corrected chi connectivity index (χ2v) is 5.16. The van der Waals surface area contributed by atoms with Gasteiger partial charge >= 0.3 is 6.03 Å². The lowest BCUT2D eigenvalue weighted by atomic mass is 10.2. The fourth-order valence-corrected chi connectivity index (χ4v) is 2.36. The van der Waals surface area contributed by atoms with Gasteiger partial charge in [-0.15, -0.1) is 0 Å². The Bertz CT molecular complexity index is 699. The standard InChI is InChI=1S/C17H22N2O5/c1-10-6-12(11(2)24-10)9-18-17(20)19-13-7-14(21-3)16(23-5)15(8-13)22-4/h6-8H,9H2,1-5H3,(H2,18,19,20). The molecule has 0 bridgehead atoms. The van der Waals surface area contributed by atoms with Gasteiger partial charge in [-0.2, -0.15) is 0 Å². The Morgan fingerprint density at radius 2 is 1.67 bits per heavy atom. The molecule has 0 spiro atoms. The SMILES string of the molecule is COc1cc(NC(=O)NCc2cc(C)oc2C)cc(OC)c1OC. The summed E-state index contributed by atoms with van der Waals surface area (Å²) in [6.45, 7) is 4.10. The van der Waals surface area contributed by atoms with Crippen LogP contribution in [0.1, 0.15) is 17.1 Å². The van der Waals surface area contributed by atoms with Crippen LogP contribution in [0.15, 0.2) is 22.6 Å². The molecule has 0 unspecified atom stereocenters. The van der Waals surface area contributed by atoms with Crippen LogP contribution in [0.4, 0.5) is 10.5 Å². The van der Waals surface area contributed by atoms with Gasteiger partial charge in [0, 0.05) is 24.2 Å². The number of methoxy groups -OCH3 is 3. The topological polar surface area (TPSA) is 82.0 Å². The van der Waals surface area contributed by atoms with Gasteiger partial charge in [0.05, 0.1) is 27.0 Å². The van der Waals surface area contributed by atoms with Crippen molar-refractivity contribution in [3.05, 3.63) is 35.3 Å². The van der Waals surface area contributed by atoms with Crippen molar-refractivity contribution in [2.45, 2.75) is 20.4 Å². The molecule has 0 aliphatic heterocycles. The smallest absolute Gasteiger partial charge is 0.319 e. The van der Waals surface area contributed by atoms with Gasteiger partial charge in [-0.05, 0) is 19.9 Å². The third-order valence-electron chi connectivity index (χ3n) is 3.51. The minimum Gasteiger partial charge on any atom is -0.493 e. The zero-order valence-corrected chi connectivity index (χ0v) is 14.5. The number of furan rings is 1. The van der Waals surface area contributed by atoms with Crippen LogP contribution in [-0.4, -0.2) is 27.4 Å². The normalized spacial score (nSPS) is 10.2. The molecule has 24 heavy (non-hydrogen) atoms. The Labute approximate surface area is 140 Å². The molecule has 0 aliphatic rings. The van der Waals surface area contributed by atoms with Gasteiger partial charge in [0.25, 0.3) is 0 Å². The number of ether oxygens (including phenoxy) is 3. The summed E-state index contributed by atoms with van der Waals surface area (Å²) in [7, 11) is 4.56. The average molecular weight is 334 g/mol. The van der Waals surface area contributed by atoms with Crippen LogP contribution in [0.25, 0.3) is 0 Å². The minimum atomic E-state index is -0.345. The highest BCUT2D eigenvalue weighted by Crippen LogP contribution is 2.39. The van der Waals surface area contributed by atoms with Crippen LogP contribution in [0.3, 0.4) is 0 Å². The maximum atomic E-state index is 12.1. The highest BCUT2D eigenvalue weighted by Gasteiger charge is 2.14. The van der Waals surface area contributed by atoms with Gasteiger partial charge in [0.15, 0.2) is 11.5 Å². The number of rotatable bonds is 6. The lowest BCUT2D eigenvalue weighted by molar-refractivity contribution is 0.251. The third-order valence-corrected chi connectivity index (χ3v) is 3.51. The van der Waals surface area contributed by atoms with E-state index in [1.165, 1.54) is 21.3 Å². The second-order valence-electron chi connectivity index (χ2n) is 5.16. The first-order valence-corrected chi connectivity index (χ1v) is 7.39. The Morgan fingerprint density at radius 3 is 2.12 bits per heavy atom. The quantitative estimate of drug-likeness (QED) is 0.847. The second kappa shape index (κ2) is 7.63. The summed E-state index contributed by atoms with van der Waals surface area (Å²) in [5.41, 5.74) is 1.47. The van der Waals surface area contributed by atoms with Crippen LogP contribution in [0.2, 0.25) is 0 Å². The van der Waals surface area contributed by atoms with Crippen LogP contribution < -0.4 is 24.8 Å². The molecular formula is C17H22N2O5. The van der Waals surface area contributed by atoms with E-state index in [0.29, 0.717) is 29.5 Å². The predicted molar refractivity (Wildman–Crippen MR) is 90.1 cm³/mol. The summed E-state index contributed by atoms with van der Waals surface area (Å²) in [6, 6.07) is 4.87. The zero-order valence-electron chi connectivity index (χ0n) is 14.5. The number of aryl methyl sites for hydroxylation is 2. The van der Waals surface area contributed by atoms with Gasteiger partial charge in [-0.3, -0.25) is 0 Å².